The Hall–Kier alpha value is -2.16. The van der Waals surface area contributed by atoms with Gasteiger partial charge in [0.1, 0.15) is 12.1 Å². The summed E-state index contributed by atoms with van der Waals surface area (Å²) < 4.78 is 0. The summed E-state index contributed by atoms with van der Waals surface area (Å²) in [5.41, 5.74) is 0.317. The quantitative estimate of drug-likeness (QED) is 0.801. The highest BCUT2D eigenvalue weighted by Crippen LogP contribution is 2.17. The molecule has 1 unspecified atom stereocenters. The van der Waals surface area contributed by atoms with E-state index < -0.39 is 12.0 Å². The lowest BCUT2D eigenvalue weighted by atomic mass is 10.2. The topological polar surface area (TPSA) is 90.1 Å². The molecule has 0 saturated heterocycles. The first-order chi connectivity index (χ1) is 7.61. The second-order valence-corrected chi connectivity index (χ2v) is 3.25. The van der Waals surface area contributed by atoms with Gasteiger partial charge in [-0.05, 0) is 12.5 Å². The zero-order chi connectivity index (χ0) is 12.1. The van der Waals surface area contributed by atoms with Crippen molar-refractivity contribution in [3.05, 3.63) is 17.8 Å². The van der Waals surface area contributed by atoms with Gasteiger partial charge < -0.3 is 10.0 Å². The molecule has 0 spiro atoms. The molecule has 1 aromatic rings. The molecular weight excluding hydrogens is 208 g/mol. The summed E-state index contributed by atoms with van der Waals surface area (Å²) in [4.78, 5) is 12.4. The van der Waals surface area contributed by atoms with Gasteiger partial charge in [0.25, 0.3) is 0 Å². The Morgan fingerprint density at radius 3 is 2.94 bits per heavy atom. The third-order valence-electron chi connectivity index (χ3n) is 2.30. The molecule has 6 nitrogen and oxygen atoms in total. The number of anilines is 1. The van der Waals surface area contributed by atoms with Crippen molar-refractivity contribution in [3.63, 3.8) is 0 Å². The van der Waals surface area contributed by atoms with Crippen molar-refractivity contribution in [1.82, 2.24) is 10.2 Å². The van der Waals surface area contributed by atoms with Gasteiger partial charge in [-0.1, -0.05) is 6.92 Å². The van der Waals surface area contributed by atoms with E-state index in [1.807, 2.05) is 6.07 Å². The largest absolute Gasteiger partial charge is 0.480 e. The minimum atomic E-state index is -0.945. The number of aromatic nitrogens is 2. The standard InChI is InChI=1S/C10H12N4O2/c1-3-8(10(15)16)14(2)9-7(6-11)4-5-12-13-9/h4-5,8H,3H2,1-2H3,(H,15,16). The second kappa shape index (κ2) is 5.07. The van der Waals surface area contributed by atoms with Crippen LogP contribution in [0.3, 0.4) is 0 Å². The Morgan fingerprint density at radius 1 is 1.75 bits per heavy atom. The molecule has 16 heavy (non-hydrogen) atoms. The Kier molecular flexibility index (Phi) is 3.78. The highest BCUT2D eigenvalue weighted by atomic mass is 16.4. The highest BCUT2D eigenvalue weighted by molar-refractivity contribution is 5.78. The summed E-state index contributed by atoms with van der Waals surface area (Å²) in [6, 6.07) is 2.76. The number of nitrogens with zero attached hydrogens (tertiary/aromatic N) is 4. The van der Waals surface area contributed by atoms with Gasteiger partial charge in [-0.15, -0.1) is 5.10 Å². The maximum atomic E-state index is 11.0. The van der Waals surface area contributed by atoms with Gasteiger partial charge in [-0.2, -0.15) is 10.4 Å². The first-order valence-electron chi connectivity index (χ1n) is 4.79. The Bertz CT molecular complexity index is 427. The molecule has 0 aliphatic rings. The first kappa shape index (κ1) is 11.9. The third kappa shape index (κ3) is 2.25. The average Bonchev–Trinajstić information content (AvgIpc) is 2.29. The first-order valence-corrected chi connectivity index (χ1v) is 4.79. The summed E-state index contributed by atoms with van der Waals surface area (Å²) in [6.45, 7) is 1.76. The van der Waals surface area contributed by atoms with Crippen LogP contribution in [0.4, 0.5) is 5.82 Å². The molecule has 0 saturated carbocycles. The number of hydrogen-bond donors (Lipinski definition) is 1. The normalized spacial score (nSPS) is 11.6. The lowest BCUT2D eigenvalue weighted by Gasteiger charge is -2.24. The van der Waals surface area contributed by atoms with E-state index in [0.29, 0.717) is 17.8 Å². The van der Waals surface area contributed by atoms with Gasteiger partial charge in [0.2, 0.25) is 0 Å². The molecule has 1 rings (SSSR count). The van der Waals surface area contributed by atoms with Crippen LogP contribution in [0.25, 0.3) is 0 Å². The molecule has 6 heteroatoms. The number of aliphatic carboxylic acids is 1. The number of carboxylic acids is 1. The fourth-order valence-corrected chi connectivity index (χ4v) is 1.43. The van der Waals surface area contributed by atoms with Crippen molar-refractivity contribution in [3.8, 4) is 6.07 Å². The maximum Gasteiger partial charge on any atom is 0.326 e. The molecule has 1 atom stereocenters. The Balaban J connectivity index is 3.08. The average molecular weight is 220 g/mol. The van der Waals surface area contributed by atoms with Crippen LogP contribution in [0.15, 0.2) is 12.3 Å². The molecule has 1 N–H and O–H groups in total. The number of hydrogen-bond acceptors (Lipinski definition) is 5. The van der Waals surface area contributed by atoms with Gasteiger partial charge in [-0.3, -0.25) is 0 Å². The van der Waals surface area contributed by atoms with Crippen LogP contribution >= 0.6 is 0 Å². The van der Waals surface area contributed by atoms with E-state index >= 15 is 0 Å². The smallest absolute Gasteiger partial charge is 0.326 e. The van der Waals surface area contributed by atoms with Crippen LogP contribution in [0.2, 0.25) is 0 Å². The van der Waals surface area contributed by atoms with E-state index in [1.54, 1.807) is 14.0 Å². The van der Waals surface area contributed by atoms with Crippen molar-refractivity contribution in [1.29, 1.82) is 5.26 Å². The number of nitriles is 1. The van der Waals surface area contributed by atoms with Crippen LogP contribution in [0.5, 0.6) is 0 Å². The predicted octanol–water partition coefficient (Wildman–Crippen LogP) is 0.648. The zero-order valence-electron chi connectivity index (χ0n) is 9.08. The molecule has 0 aliphatic carbocycles. The van der Waals surface area contributed by atoms with Gasteiger partial charge in [-0.25, -0.2) is 4.79 Å². The minimum absolute atomic E-state index is 0.291. The Labute approximate surface area is 93.1 Å². The summed E-state index contributed by atoms with van der Waals surface area (Å²) >= 11 is 0. The van der Waals surface area contributed by atoms with Crippen LogP contribution in [-0.2, 0) is 4.79 Å². The van der Waals surface area contributed by atoms with Gasteiger partial charge in [0.15, 0.2) is 5.82 Å². The van der Waals surface area contributed by atoms with Gasteiger partial charge >= 0.3 is 5.97 Å². The minimum Gasteiger partial charge on any atom is -0.480 e. The van der Waals surface area contributed by atoms with E-state index in [-0.39, 0.29) is 0 Å². The van der Waals surface area contributed by atoms with E-state index in [9.17, 15) is 4.79 Å². The molecule has 0 bridgehead atoms. The number of rotatable bonds is 4. The molecule has 1 aromatic heterocycles. The summed E-state index contributed by atoms with van der Waals surface area (Å²) in [6.07, 6.45) is 1.82. The van der Waals surface area contributed by atoms with Crippen molar-refractivity contribution >= 4 is 11.8 Å². The van der Waals surface area contributed by atoms with E-state index in [0.717, 1.165) is 0 Å². The van der Waals surface area contributed by atoms with Crippen molar-refractivity contribution in [2.75, 3.05) is 11.9 Å². The predicted molar refractivity (Wildman–Crippen MR) is 56.9 cm³/mol. The zero-order valence-corrected chi connectivity index (χ0v) is 9.08. The fraction of sp³-hybridized carbons (Fsp3) is 0.400. The van der Waals surface area contributed by atoms with Gasteiger partial charge in [0, 0.05) is 7.05 Å². The van der Waals surface area contributed by atoms with Crippen molar-refractivity contribution in [2.24, 2.45) is 0 Å². The van der Waals surface area contributed by atoms with Crippen LogP contribution in [0, 0.1) is 11.3 Å². The second-order valence-electron chi connectivity index (χ2n) is 3.25. The van der Waals surface area contributed by atoms with E-state index in [1.165, 1.54) is 17.2 Å². The molecule has 84 valence electrons. The lowest BCUT2D eigenvalue weighted by Crippen LogP contribution is -2.39. The summed E-state index contributed by atoms with van der Waals surface area (Å²) in [7, 11) is 1.59. The van der Waals surface area contributed by atoms with Crippen molar-refractivity contribution < 1.29 is 9.90 Å². The maximum absolute atomic E-state index is 11.0. The molecular formula is C10H12N4O2. The fourth-order valence-electron chi connectivity index (χ4n) is 1.43. The molecule has 0 radical (unpaired) electrons. The summed E-state index contributed by atoms with van der Waals surface area (Å²) in [5.74, 6) is -0.654. The summed E-state index contributed by atoms with van der Waals surface area (Å²) in [5, 5.41) is 25.3. The van der Waals surface area contributed by atoms with Crippen molar-refractivity contribution in [2.45, 2.75) is 19.4 Å². The SMILES string of the molecule is CCC(C(=O)O)N(C)c1nnccc1C#N. The molecule has 0 amide bonds. The number of carboxylic acid groups (broad SMARTS) is 1. The third-order valence-corrected chi connectivity index (χ3v) is 2.30. The lowest BCUT2D eigenvalue weighted by molar-refractivity contribution is -0.138. The van der Waals surface area contributed by atoms with Crippen LogP contribution in [-0.4, -0.2) is 34.4 Å². The van der Waals surface area contributed by atoms with E-state index in [4.69, 9.17) is 10.4 Å². The molecule has 0 fully saturated rings. The van der Waals surface area contributed by atoms with E-state index in [2.05, 4.69) is 10.2 Å². The van der Waals surface area contributed by atoms with Crippen LogP contribution < -0.4 is 4.90 Å². The number of carbonyl (C=O) groups is 1. The number of likely N-dealkylation sites (N-methyl/N-ethyl adjacent to an activating group) is 1. The molecule has 0 aromatic carbocycles. The highest BCUT2D eigenvalue weighted by Gasteiger charge is 2.23. The van der Waals surface area contributed by atoms with Gasteiger partial charge in [0.05, 0.1) is 11.8 Å². The molecule has 0 aliphatic heterocycles. The monoisotopic (exact) mass is 220 g/mol. The molecule has 1 heterocycles. The Morgan fingerprint density at radius 2 is 2.44 bits per heavy atom. The van der Waals surface area contributed by atoms with Crippen LogP contribution in [0.1, 0.15) is 18.9 Å².